The first-order valence-electron chi connectivity index (χ1n) is 10.2. The van der Waals surface area contributed by atoms with Crippen molar-refractivity contribution in [2.24, 2.45) is 0 Å². The Hall–Kier alpha value is -2.30. The van der Waals surface area contributed by atoms with Crippen LogP contribution in [0.25, 0.3) is 0 Å². The molecule has 0 aliphatic carbocycles. The van der Waals surface area contributed by atoms with Gasteiger partial charge in [-0.15, -0.1) is 0 Å². The van der Waals surface area contributed by atoms with Crippen LogP contribution in [0.1, 0.15) is 25.3 Å². The summed E-state index contributed by atoms with van der Waals surface area (Å²) in [6.45, 7) is 2.55. The molecular formula is C21H28N2O6S2. The summed E-state index contributed by atoms with van der Waals surface area (Å²) in [6, 6.07) is 11.9. The summed E-state index contributed by atoms with van der Waals surface area (Å²) in [7, 11) is -5.81. The third kappa shape index (κ3) is 5.69. The predicted molar refractivity (Wildman–Crippen MR) is 120 cm³/mol. The molecule has 2 aromatic rings. The average Bonchev–Trinajstić information content (AvgIpc) is 2.74. The number of methoxy groups -OCH3 is 1. The van der Waals surface area contributed by atoms with Crippen LogP contribution in [-0.4, -0.2) is 49.4 Å². The van der Waals surface area contributed by atoms with Crippen molar-refractivity contribution in [3.05, 3.63) is 48.0 Å². The summed E-state index contributed by atoms with van der Waals surface area (Å²) in [5.74, 6) is 0.949. The minimum absolute atomic E-state index is 0.0566. The van der Waals surface area contributed by atoms with E-state index < -0.39 is 20.0 Å². The second-order valence-corrected chi connectivity index (χ2v) is 10.9. The first kappa shape index (κ1) is 23.4. The number of benzene rings is 2. The van der Waals surface area contributed by atoms with Gasteiger partial charge in [0.05, 0.1) is 25.2 Å². The standard InChI is InChI=1S/C21H28N2O6S2/c1-3-29-20-10-9-18(23-13-4-5-14-30(23,24)25)16-21(20)31(26,27)22-12-11-17-7-6-8-19(15-17)28-2/h6-10,15-16,22H,3-5,11-14H2,1-2H3. The average molecular weight is 469 g/mol. The van der Waals surface area contributed by atoms with Crippen molar-refractivity contribution >= 4 is 25.7 Å². The molecule has 3 rings (SSSR count). The molecule has 0 radical (unpaired) electrons. The minimum atomic E-state index is -3.93. The summed E-state index contributed by atoms with van der Waals surface area (Å²) in [5, 5.41) is 0. The van der Waals surface area contributed by atoms with E-state index in [1.54, 1.807) is 20.1 Å². The SMILES string of the molecule is CCOc1ccc(N2CCCCS2(=O)=O)cc1S(=O)(=O)NCCc1cccc(OC)c1. The molecule has 1 fully saturated rings. The highest BCUT2D eigenvalue weighted by Gasteiger charge is 2.28. The monoisotopic (exact) mass is 468 g/mol. The van der Waals surface area contributed by atoms with Crippen LogP contribution in [0.3, 0.4) is 0 Å². The summed E-state index contributed by atoms with van der Waals surface area (Å²) >= 11 is 0. The van der Waals surface area contributed by atoms with E-state index in [9.17, 15) is 16.8 Å². The summed E-state index contributed by atoms with van der Waals surface area (Å²) in [6.07, 6.45) is 1.81. The van der Waals surface area contributed by atoms with Gasteiger partial charge in [0.15, 0.2) is 0 Å². The molecule has 1 aliphatic heterocycles. The Morgan fingerprint density at radius 2 is 1.94 bits per heavy atom. The van der Waals surface area contributed by atoms with Gasteiger partial charge < -0.3 is 9.47 Å². The van der Waals surface area contributed by atoms with Gasteiger partial charge in [-0.05, 0) is 62.1 Å². The van der Waals surface area contributed by atoms with Crippen molar-refractivity contribution in [2.45, 2.75) is 31.1 Å². The molecule has 8 nitrogen and oxygen atoms in total. The molecule has 0 spiro atoms. The van der Waals surface area contributed by atoms with E-state index in [4.69, 9.17) is 9.47 Å². The second-order valence-electron chi connectivity index (χ2n) is 7.16. The molecule has 2 aromatic carbocycles. The Labute approximate surface area is 184 Å². The molecular weight excluding hydrogens is 440 g/mol. The third-order valence-corrected chi connectivity index (χ3v) is 8.35. The van der Waals surface area contributed by atoms with Gasteiger partial charge in [0.25, 0.3) is 0 Å². The van der Waals surface area contributed by atoms with Gasteiger partial charge in [0.2, 0.25) is 20.0 Å². The maximum atomic E-state index is 13.1. The van der Waals surface area contributed by atoms with Crippen LogP contribution in [0.15, 0.2) is 47.4 Å². The Morgan fingerprint density at radius 3 is 2.65 bits per heavy atom. The zero-order valence-corrected chi connectivity index (χ0v) is 19.3. The Balaban J connectivity index is 1.83. The number of sulfonamides is 2. The van der Waals surface area contributed by atoms with Crippen LogP contribution < -0.4 is 18.5 Å². The number of ether oxygens (including phenoxy) is 2. The van der Waals surface area contributed by atoms with Gasteiger partial charge in [0.1, 0.15) is 16.4 Å². The third-order valence-electron chi connectivity index (χ3n) is 4.99. The molecule has 170 valence electrons. The summed E-state index contributed by atoms with van der Waals surface area (Å²) < 4.78 is 65.6. The van der Waals surface area contributed by atoms with Crippen molar-refractivity contribution in [3.63, 3.8) is 0 Å². The smallest absolute Gasteiger partial charge is 0.244 e. The topological polar surface area (TPSA) is 102 Å². The van der Waals surface area contributed by atoms with E-state index in [0.717, 1.165) is 12.0 Å². The summed E-state index contributed by atoms with van der Waals surface area (Å²) in [5.41, 5.74) is 1.26. The number of nitrogens with zero attached hydrogens (tertiary/aromatic N) is 1. The molecule has 0 atom stereocenters. The highest BCUT2D eigenvalue weighted by atomic mass is 32.2. The lowest BCUT2D eigenvalue weighted by atomic mass is 10.1. The van der Waals surface area contributed by atoms with Crippen LogP contribution in [-0.2, 0) is 26.5 Å². The highest BCUT2D eigenvalue weighted by molar-refractivity contribution is 7.92. The Kier molecular flexibility index (Phi) is 7.45. The number of anilines is 1. The van der Waals surface area contributed by atoms with Gasteiger partial charge in [-0.1, -0.05) is 12.1 Å². The molecule has 1 saturated heterocycles. The van der Waals surface area contributed by atoms with Crippen LogP contribution in [0.2, 0.25) is 0 Å². The molecule has 0 amide bonds. The fourth-order valence-corrected chi connectivity index (χ4v) is 6.28. The molecule has 31 heavy (non-hydrogen) atoms. The van der Waals surface area contributed by atoms with Gasteiger partial charge in [-0.3, -0.25) is 4.31 Å². The maximum Gasteiger partial charge on any atom is 0.244 e. The van der Waals surface area contributed by atoms with E-state index in [1.807, 2.05) is 24.3 Å². The number of nitrogens with one attached hydrogen (secondary N) is 1. The lowest BCUT2D eigenvalue weighted by Gasteiger charge is -2.28. The first-order chi connectivity index (χ1) is 14.8. The van der Waals surface area contributed by atoms with Crippen molar-refractivity contribution in [3.8, 4) is 11.5 Å². The normalized spacial score (nSPS) is 16.1. The minimum Gasteiger partial charge on any atom is -0.497 e. The lowest BCUT2D eigenvalue weighted by molar-refractivity contribution is 0.331. The van der Waals surface area contributed by atoms with Crippen LogP contribution >= 0.6 is 0 Å². The molecule has 0 saturated carbocycles. The molecule has 0 bridgehead atoms. The fourth-order valence-electron chi connectivity index (χ4n) is 3.45. The van der Waals surface area contributed by atoms with Gasteiger partial charge in [-0.2, -0.15) is 0 Å². The molecule has 0 aromatic heterocycles. The molecule has 10 heteroatoms. The number of rotatable bonds is 9. The maximum absolute atomic E-state index is 13.1. The number of hydrogen-bond donors (Lipinski definition) is 1. The zero-order chi connectivity index (χ0) is 22.5. The first-order valence-corrected chi connectivity index (χ1v) is 13.3. The van der Waals surface area contributed by atoms with E-state index in [-0.39, 0.29) is 29.5 Å². The van der Waals surface area contributed by atoms with Gasteiger partial charge in [0, 0.05) is 13.1 Å². The Morgan fingerprint density at radius 1 is 1.13 bits per heavy atom. The summed E-state index contributed by atoms with van der Waals surface area (Å²) in [4.78, 5) is -0.0711. The van der Waals surface area contributed by atoms with Crippen molar-refractivity contribution in [2.75, 3.05) is 36.9 Å². The van der Waals surface area contributed by atoms with Crippen LogP contribution in [0, 0.1) is 0 Å². The van der Waals surface area contributed by atoms with Crippen LogP contribution in [0.4, 0.5) is 5.69 Å². The molecule has 1 N–H and O–H groups in total. The van der Waals surface area contributed by atoms with E-state index in [1.165, 1.54) is 16.4 Å². The van der Waals surface area contributed by atoms with E-state index in [0.29, 0.717) is 30.8 Å². The van der Waals surface area contributed by atoms with Gasteiger partial charge in [-0.25, -0.2) is 21.6 Å². The van der Waals surface area contributed by atoms with Crippen molar-refractivity contribution in [1.82, 2.24) is 4.72 Å². The lowest BCUT2D eigenvalue weighted by Crippen LogP contribution is -2.38. The van der Waals surface area contributed by atoms with Crippen LogP contribution in [0.5, 0.6) is 11.5 Å². The molecule has 1 aliphatic rings. The molecule has 0 unspecified atom stereocenters. The number of hydrogen-bond acceptors (Lipinski definition) is 6. The second kappa shape index (κ2) is 9.88. The van der Waals surface area contributed by atoms with E-state index >= 15 is 0 Å². The highest BCUT2D eigenvalue weighted by Crippen LogP contribution is 2.32. The van der Waals surface area contributed by atoms with Gasteiger partial charge >= 0.3 is 0 Å². The largest absolute Gasteiger partial charge is 0.497 e. The predicted octanol–water partition coefficient (Wildman–Crippen LogP) is 2.54. The Bertz CT molecular complexity index is 1120. The van der Waals surface area contributed by atoms with E-state index in [2.05, 4.69) is 4.72 Å². The fraction of sp³-hybridized carbons (Fsp3) is 0.429. The zero-order valence-electron chi connectivity index (χ0n) is 17.7. The van der Waals surface area contributed by atoms with Crippen molar-refractivity contribution < 1.29 is 26.3 Å². The molecule has 1 heterocycles. The quantitative estimate of drug-likeness (QED) is 0.607. The van der Waals surface area contributed by atoms with Crippen molar-refractivity contribution in [1.29, 1.82) is 0 Å².